The number of carbonyl (C=O) groups is 1. The molecule has 230 valence electrons. The highest BCUT2D eigenvalue weighted by atomic mass is 16.6. The van der Waals surface area contributed by atoms with Gasteiger partial charge in [0, 0.05) is 0 Å². The topological polar surface area (TPSA) is 26.3 Å². The fourth-order valence-corrected chi connectivity index (χ4v) is 6.06. The Hall–Kier alpha value is -0.790. The normalized spacial score (nSPS) is 16.1. The maximum absolute atomic E-state index is 11.9. The molecule has 0 bridgehead atoms. The summed E-state index contributed by atoms with van der Waals surface area (Å²) in [4.78, 5) is 11.9. The molecule has 0 N–H and O–H groups in total. The summed E-state index contributed by atoms with van der Waals surface area (Å²) in [6, 6.07) is 0. The molecule has 0 aliphatic carbocycles. The van der Waals surface area contributed by atoms with Gasteiger partial charge in [-0.1, -0.05) is 194 Å². The third kappa shape index (κ3) is 22.6. The molecule has 1 aliphatic heterocycles. The van der Waals surface area contributed by atoms with Gasteiger partial charge in [-0.15, -0.1) is 0 Å². The van der Waals surface area contributed by atoms with Crippen LogP contribution in [0.3, 0.4) is 0 Å². The summed E-state index contributed by atoms with van der Waals surface area (Å²) in [7, 11) is 0. The van der Waals surface area contributed by atoms with Gasteiger partial charge in [-0.25, -0.2) is 0 Å². The predicted octanol–water partition coefficient (Wildman–Crippen LogP) is 13.2. The van der Waals surface area contributed by atoms with Gasteiger partial charge in [0.25, 0.3) is 0 Å². The molecule has 0 radical (unpaired) electrons. The Morgan fingerprint density at radius 2 is 0.769 bits per heavy atom. The average molecular weight is 547 g/mol. The van der Waals surface area contributed by atoms with Crippen molar-refractivity contribution in [2.75, 3.05) is 0 Å². The Morgan fingerprint density at radius 1 is 0.462 bits per heavy atom. The number of cyclic esters (lactones) is 1. The van der Waals surface area contributed by atoms with E-state index in [1.807, 2.05) is 0 Å². The summed E-state index contributed by atoms with van der Waals surface area (Å²) in [5, 5.41) is 0. The monoisotopic (exact) mass is 547 g/mol. The van der Waals surface area contributed by atoms with Crippen LogP contribution in [0.25, 0.3) is 0 Å². The van der Waals surface area contributed by atoms with E-state index in [4.69, 9.17) is 4.74 Å². The summed E-state index contributed by atoms with van der Waals surface area (Å²) >= 11 is 0. The van der Waals surface area contributed by atoms with Crippen molar-refractivity contribution in [2.24, 2.45) is 5.92 Å². The molecule has 1 aliphatic rings. The first-order valence-corrected chi connectivity index (χ1v) is 18.2. The molecule has 0 aromatic heterocycles. The standard InChI is InChI=1S/C37H70O2/c1-3-5-7-9-11-13-15-17-19-20-22-24-26-28-30-32-34-36-35(37(38)39-36)33-31-29-27-25-23-21-18-16-14-12-10-8-6-4-2/h34-35H,3-33H2,1-2H3/b36-34-. The van der Waals surface area contributed by atoms with Gasteiger partial charge in [0.15, 0.2) is 0 Å². The lowest BCUT2D eigenvalue weighted by molar-refractivity contribution is -0.157. The van der Waals surface area contributed by atoms with Crippen LogP contribution < -0.4 is 0 Å². The maximum atomic E-state index is 11.9. The van der Waals surface area contributed by atoms with Crippen LogP contribution >= 0.6 is 0 Å². The van der Waals surface area contributed by atoms with Crippen molar-refractivity contribution >= 4 is 5.97 Å². The number of hydrogen-bond acceptors (Lipinski definition) is 2. The Morgan fingerprint density at radius 3 is 1.10 bits per heavy atom. The maximum Gasteiger partial charge on any atom is 0.321 e. The predicted molar refractivity (Wildman–Crippen MR) is 172 cm³/mol. The summed E-state index contributed by atoms with van der Waals surface area (Å²) < 4.78 is 5.37. The summed E-state index contributed by atoms with van der Waals surface area (Å²) in [6.07, 6.45) is 44.7. The van der Waals surface area contributed by atoms with E-state index in [9.17, 15) is 4.79 Å². The SMILES string of the molecule is CCCCCCCCCCCCCCCCC/C=C1\OC(=O)C1CCCCCCCCCCCCCCCC. The molecule has 1 fully saturated rings. The van der Waals surface area contributed by atoms with E-state index in [1.165, 1.54) is 186 Å². The quantitative estimate of drug-likeness (QED) is 0.0638. The number of hydrogen-bond donors (Lipinski definition) is 0. The third-order valence-electron chi connectivity index (χ3n) is 8.85. The van der Waals surface area contributed by atoms with Crippen molar-refractivity contribution < 1.29 is 9.53 Å². The van der Waals surface area contributed by atoms with E-state index < -0.39 is 0 Å². The molecular formula is C37H70O2. The molecule has 1 atom stereocenters. The van der Waals surface area contributed by atoms with Gasteiger partial charge in [-0.3, -0.25) is 4.79 Å². The van der Waals surface area contributed by atoms with Crippen LogP contribution in [0.5, 0.6) is 0 Å². The Kier molecular flexibility index (Phi) is 26.7. The van der Waals surface area contributed by atoms with E-state index in [0.29, 0.717) is 0 Å². The number of rotatable bonds is 31. The highest BCUT2D eigenvalue weighted by Crippen LogP contribution is 2.32. The second kappa shape index (κ2) is 28.7. The van der Waals surface area contributed by atoms with Gasteiger partial charge in [0.2, 0.25) is 0 Å². The van der Waals surface area contributed by atoms with E-state index in [1.54, 1.807) is 0 Å². The minimum absolute atomic E-state index is 0.0208. The minimum atomic E-state index is 0.0208. The molecule has 1 heterocycles. The average Bonchev–Trinajstić information content (AvgIpc) is 2.94. The van der Waals surface area contributed by atoms with Gasteiger partial charge < -0.3 is 4.74 Å². The molecule has 2 nitrogen and oxygen atoms in total. The third-order valence-corrected chi connectivity index (χ3v) is 8.85. The number of carbonyl (C=O) groups excluding carboxylic acids is 1. The Bertz CT molecular complexity index is 552. The molecule has 1 unspecified atom stereocenters. The molecular weight excluding hydrogens is 476 g/mol. The zero-order valence-corrected chi connectivity index (χ0v) is 26.9. The largest absolute Gasteiger partial charge is 0.430 e. The smallest absolute Gasteiger partial charge is 0.321 e. The van der Waals surface area contributed by atoms with Crippen LogP contribution in [0, 0.1) is 5.92 Å². The first-order valence-electron chi connectivity index (χ1n) is 18.2. The van der Waals surface area contributed by atoms with Crippen molar-refractivity contribution in [1.29, 1.82) is 0 Å². The van der Waals surface area contributed by atoms with Crippen molar-refractivity contribution in [3.8, 4) is 0 Å². The van der Waals surface area contributed by atoms with Crippen molar-refractivity contribution in [2.45, 2.75) is 213 Å². The van der Waals surface area contributed by atoms with Gasteiger partial charge >= 0.3 is 5.97 Å². The second-order valence-corrected chi connectivity index (χ2v) is 12.7. The zero-order valence-electron chi connectivity index (χ0n) is 26.9. The number of unbranched alkanes of at least 4 members (excludes halogenated alkanes) is 28. The molecule has 0 aromatic rings. The Labute approximate surface area is 245 Å². The first-order chi connectivity index (χ1) is 19.3. The molecule has 0 saturated carbocycles. The molecule has 0 spiro atoms. The molecule has 0 aromatic carbocycles. The van der Waals surface area contributed by atoms with Gasteiger partial charge in [-0.2, -0.15) is 0 Å². The van der Waals surface area contributed by atoms with Crippen LogP contribution in [-0.2, 0) is 9.53 Å². The minimum Gasteiger partial charge on any atom is -0.430 e. The van der Waals surface area contributed by atoms with Crippen LogP contribution in [0.15, 0.2) is 11.8 Å². The number of esters is 1. The lowest BCUT2D eigenvalue weighted by Gasteiger charge is -2.28. The fourth-order valence-electron chi connectivity index (χ4n) is 6.06. The first kappa shape index (κ1) is 36.2. The molecule has 1 rings (SSSR count). The van der Waals surface area contributed by atoms with Crippen LogP contribution in [0.1, 0.15) is 213 Å². The number of ether oxygens (including phenoxy) is 1. The fraction of sp³-hybridized carbons (Fsp3) is 0.919. The molecule has 2 heteroatoms. The van der Waals surface area contributed by atoms with Crippen LogP contribution in [0.4, 0.5) is 0 Å². The van der Waals surface area contributed by atoms with E-state index in [2.05, 4.69) is 19.9 Å². The van der Waals surface area contributed by atoms with Crippen molar-refractivity contribution in [3.63, 3.8) is 0 Å². The van der Waals surface area contributed by atoms with Gasteiger partial charge in [-0.05, 0) is 25.3 Å². The molecule has 0 amide bonds. The highest BCUT2D eigenvalue weighted by Gasteiger charge is 2.36. The van der Waals surface area contributed by atoms with E-state index >= 15 is 0 Å². The van der Waals surface area contributed by atoms with Crippen molar-refractivity contribution in [1.82, 2.24) is 0 Å². The molecule has 1 saturated heterocycles. The van der Waals surface area contributed by atoms with Gasteiger partial charge in [0.05, 0.1) is 0 Å². The van der Waals surface area contributed by atoms with Crippen LogP contribution in [0.2, 0.25) is 0 Å². The van der Waals surface area contributed by atoms with E-state index in [-0.39, 0.29) is 11.9 Å². The number of allylic oxidation sites excluding steroid dienone is 1. The lowest BCUT2D eigenvalue weighted by Crippen LogP contribution is -2.32. The van der Waals surface area contributed by atoms with Crippen LogP contribution in [-0.4, -0.2) is 5.97 Å². The summed E-state index contributed by atoms with van der Waals surface area (Å²) in [5.41, 5.74) is 0. The highest BCUT2D eigenvalue weighted by molar-refractivity contribution is 5.82. The van der Waals surface area contributed by atoms with Gasteiger partial charge in [0.1, 0.15) is 11.7 Å². The summed E-state index contributed by atoms with van der Waals surface area (Å²) in [6.45, 7) is 4.58. The van der Waals surface area contributed by atoms with Crippen molar-refractivity contribution in [3.05, 3.63) is 11.8 Å². The Balaban J connectivity index is 1.84. The second-order valence-electron chi connectivity index (χ2n) is 12.7. The lowest BCUT2D eigenvalue weighted by atomic mass is 9.93. The summed E-state index contributed by atoms with van der Waals surface area (Å²) in [5.74, 6) is 1.09. The zero-order chi connectivity index (χ0) is 28.1. The van der Waals surface area contributed by atoms with E-state index in [0.717, 1.165) is 18.6 Å². The molecule has 39 heavy (non-hydrogen) atoms.